The van der Waals surface area contributed by atoms with Crippen LogP contribution in [0.15, 0.2) is 42.5 Å². The molecule has 0 saturated heterocycles. The van der Waals surface area contributed by atoms with Crippen LogP contribution in [0.4, 0.5) is 10.1 Å². The molecule has 2 N–H and O–H groups in total. The molecule has 2 amide bonds. The number of fused-ring (bicyclic) bond motifs is 1. The zero-order chi connectivity index (χ0) is 17.3. The van der Waals surface area contributed by atoms with E-state index in [1.54, 1.807) is 6.07 Å². The van der Waals surface area contributed by atoms with E-state index in [9.17, 15) is 14.0 Å². The number of anilines is 1. The maximum Gasteiger partial charge on any atom is 0.251 e. The fourth-order valence-corrected chi connectivity index (χ4v) is 2.83. The van der Waals surface area contributed by atoms with E-state index in [1.807, 2.05) is 32.0 Å². The highest BCUT2D eigenvalue weighted by Gasteiger charge is 2.38. The lowest BCUT2D eigenvalue weighted by Crippen LogP contribution is -2.27. The average Bonchev–Trinajstić information content (AvgIpc) is 2.77. The summed E-state index contributed by atoms with van der Waals surface area (Å²) < 4.78 is 13.1. The third-order valence-electron chi connectivity index (χ3n) is 4.36. The average molecular weight is 326 g/mol. The van der Waals surface area contributed by atoms with Crippen molar-refractivity contribution >= 4 is 17.5 Å². The highest BCUT2D eigenvalue weighted by Crippen LogP contribution is 2.37. The molecule has 0 spiro atoms. The van der Waals surface area contributed by atoms with Crippen molar-refractivity contribution in [2.45, 2.75) is 25.7 Å². The summed E-state index contributed by atoms with van der Waals surface area (Å²) in [6, 6.07) is 11.4. The Hall–Kier alpha value is -2.69. The number of carbonyl (C=O) groups is 2. The Balaban J connectivity index is 1.63. The van der Waals surface area contributed by atoms with E-state index in [-0.39, 0.29) is 11.8 Å². The van der Waals surface area contributed by atoms with Crippen molar-refractivity contribution in [3.63, 3.8) is 0 Å². The number of nitrogens with one attached hydrogen (secondary N) is 2. The molecule has 0 aliphatic carbocycles. The van der Waals surface area contributed by atoms with Gasteiger partial charge in [-0.15, -0.1) is 0 Å². The summed E-state index contributed by atoms with van der Waals surface area (Å²) >= 11 is 0. The van der Waals surface area contributed by atoms with E-state index in [1.165, 1.54) is 18.2 Å². The van der Waals surface area contributed by atoms with Gasteiger partial charge in [0, 0.05) is 17.8 Å². The summed E-state index contributed by atoms with van der Waals surface area (Å²) in [5, 5.41) is 5.66. The fraction of sp³-hybridized carbons (Fsp3) is 0.263. The van der Waals surface area contributed by atoms with Crippen molar-refractivity contribution in [3.05, 3.63) is 65.0 Å². The lowest BCUT2D eigenvalue weighted by atomic mass is 9.85. The van der Waals surface area contributed by atoms with Crippen LogP contribution in [0.3, 0.4) is 0 Å². The van der Waals surface area contributed by atoms with Crippen LogP contribution in [0, 0.1) is 5.82 Å². The Bertz CT molecular complexity index is 815. The van der Waals surface area contributed by atoms with Crippen LogP contribution in [0.5, 0.6) is 0 Å². The Kier molecular flexibility index (Phi) is 4.09. The molecule has 5 heteroatoms. The monoisotopic (exact) mass is 326 g/mol. The van der Waals surface area contributed by atoms with Gasteiger partial charge in [-0.2, -0.15) is 0 Å². The van der Waals surface area contributed by atoms with E-state index >= 15 is 0 Å². The molecule has 2 aromatic rings. The first-order valence-corrected chi connectivity index (χ1v) is 7.86. The third kappa shape index (κ3) is 3.02. The van der Waals surface area contributed by atoms with E-state index in [2.05, 4.69) is 10.6 Å². The van der Waals surface area contributed by atoms with Crippen LogP contribution in [-0.2, 0) is 16.6 Å². The number of hydrogen-bond donors (Lipinski definition) is 2. The summed E-state index contributed by atoms with van der Waals surface area (Å²) in [5.41, 5.74) is 2.62. The summed E-state index contributed by atoms with van der Waals surface area (Å²) in [6.07, 6.45) is 0.638. The molecule has 0 atom stereocenters. The zero-order valence-corrected chi connectivity index (χ0v) is 13.7. The van der Waals surface area contributed by atoms with Gasteiger partial charge in [-0.05, 0) is 55.7 Å². The van der Waals surface area contributed by atoms with Crippen molar-refractivity contribution < 1.29 is 14.0 Å². The first-order chi connectivity index (χ1) is 11.4. The minimum atomic E-state index is -0.545. The molecule has 1 aliphatic heterocycles. The van der Waals surface area contributed by atoms with E-state index < -0.39 is 11.2 Å². The number of carbonyl (C=O) groups excluding carboxylic acids is 2. The van der Waals surface area contributed by atoms with Gasteiger partial charge in [0.05, 0.1) is 5.41 Å². The molecule has 0 radical (unpaired) electrons. The maximum atomic E-state index is 13.1. The zero-order valence-electron chi connectivity index (χ0n) is 13.7. The van der Waals surface area contributed by atoms with Gasteiger partial charge in [0.25, 0.3) is 5.91 Å². The highest BCUT2D eigenvalue weighted by molar-refractivity contribution is 6.05. The summed E-state index contributed by atoms with van der Waals surface area (Å²) in [7, 11) is 0. The van der Waals surface area contributed by atoms with Gasteiger partial charge in [0.1, 0.15) is 5.82 Å². The van der Waals surface area contributed by atoms with Crippen molar-refractivity contribution in [1.29, 1.82) is 0 Å². The summed E-state index contributed by atoms with van der Waals surface area (Å²) in [4.78, 5) is 23.9. The van der Waals surface area contributed by atoms with Gasteiger partial charge in [0.15, 0.2) is 0 Å². The third-order valence-corrected chi connectivity index (χ3v) is 4.36. The van der Waals surface area contributed by atoms with Gasteiger partial charge in [-0.3, -0.25) is 9.59 Å². The number of rotatable bonds is 4. The Morgan fingerprint density at radius 3 is 2.75 bits per heavy atom. The first-order valence-electron chi connectivity index (χ1n) is 7.86. The Labute approximate surface area is 140 Å². The lowest BCUT2D eigenvalue weighted by molar-refractivity contribution is -0.119. The van der Waals surface area contributed by atoms with Crippen molar-refractivity contribution in [3.8, 4) is 0 Å². The molecular weight excluding hydrogens is 307 g/mol. The standard InChI is InChI=1S/C19H19FN2O2/c1-19(2)15-10-12(6-7-16(15)22-18(19)24)8-9-21-17(23)13-4-3-5-14(20)11-13/h3-7,10-11H,8-9H2,1-2H3,(H,21,23)(H,22,24). The Morgan fingerprint density at radius 1 is 1.21 bits per heavy atom. The van der Waals surface area contributed by atoms with Crippen molar-refractivity contribution in [2.24, 2.45) is 0 Å². The normalized spacial score (nSPS) is 14.9. The maximum absolute atomic E-state index is 13.1. The number of amides is 2. The van der Waals surface area contributed by atoms with Gasteiger partial charge >= 0.3 is 0 Å². The van der Waals surface area contributed by atoms with Gasteiger partial charge in [0.2, 0.25) is 5.91 Å². The molecule has 1 heterocycles. The van der Waals surface area contributed by atoms with Crippen molar-refractivity contribution in [2.75, 3.05) is 11.9 Å². The number of benzene rings is 2. The van der Waals surface area contributed by atoms with E-state index in [4.69, 9.17) is 0 Å². The molecule has 124 valence electrons. The van der Waals surface area contributed by atoms with Crippen molar-refractivity contribution in [1.82, 2.24) is 5.32 Å². The summed E-state index contributed by atoms with van der Waals surface area (Å²) in [5.74, 6) is -0.734. The summed E-state index contributed by atoms with van der Waals surface area (Å²) in [6.45, 7) is 4.23. The predicted molar refractivity (Wildman–Crippen MR) is 90.5 cm³/mol. The van der Waals surface area contributed by atoms with Crippen LogP contribution in [0.1, 0.15) is 35.3 Å². The molecule has 0 aromatic heterocycles. The highest BCUT2D eigenvalue weighted by atomic mass is 19.1. The van der Waals surface area contributed by atoms with Gasteiger partial charge < -0.3 is 10.6 Å². The fourth-order valence-electron chi connectivity index (χ4n) is 2.83. The SMILES string of the molecule is CC1(C)C(=O)Nc2ccc(CCNC(=O)c3cccc(F)c3)cc21. The molecule has 0 fully saturated rings. The quantitative estimate of drug-likeness (QED) is 0.907. The molecule has 0 saturated carbocycles. The Morgan fingerprint density at radius 2 is 2.00 bits per heavy atom. The second-order valence-corrected chi connectivity index (χ2v) is 6.48. The largest absolute Gasteiger partial charge is 0.352 e. The minimum Gasteiger partial charge on any atom is -0.352 e. The second-order valence-electron chi connectivity index (χ2n) is 6.48. The van der Waals surface area contributed by atoms with Crippen LogP contribution < -0.4 is 10.6 Å². The molecule has 0 unspecified atom stereocenters. The van der Waals surface area contributed by atoms with Crippen LogP contribution in [-0.4, -0.2) is 18.4 Å². The van der Waals surface area contributed by atoms with E-state index in [0.717, 1.165) is 16.8 Å². The predicted octanol–water partition coefficient (Wildman–Crippen LogP) is 3.03. The van der Waals surface area contributed by atoms with E-state index in [0.29, 0.717) is 18.5 Å². The van der Waals surface area contributed by atoms with Crippen LogP contribution in [0.2, 0.25) is 0 Å². The van der Waals surface area contributed by atoms with Crippen LogP contribution >= 0.6 is 0 Å². The molecule has 1 aliphatic rings. The first kappa shape index (κ1) is 16.2. The minimum absolute atomic E-state index is 0.00550. The molecule has 24 heavy (non-hydrogen) atoms. The number of halogens is 1. The number of hydrogen-bond acceptors (Lipinski definition) is 2. The van der Waals surface area contributed by atoms with Crippen LogP contribution in [0.25, 0.3) is 0 Å². The van der Waals surface area contributed by atoms with Gasteiger partial charge in [-0.1, -0.05) is 18.2 Å². The smallest absolute Gasteiger partial charge is 0.251 e. The molecular formula is C19H19FN2O2. The molecule has 4 nitrogen and oxygen atoms in total. The lowest BCUT2D eigenvalue weighted by Gasteiger charge is -2.16. The topological polar surface area (TPSA) is 58.2 Å². The van der Waals surface area contributed by atoms with Gasteiger partial charge in [-0.25, -0.2) is 4.39 Å². The molecule has 3 rings (SSSR count). The molecule has 0 bridgehead atoms. The second kappa shape index (κ2) is 6.07. The molecule has 2 aromatic carbocycles.